The van der Waals surface area contributed by atoms with Crippen molar-refractivity contribution in [2.75, 3.05) is 5.32 Å². The minimum Gasteiger partial charge on any atom is -0.461 e. The molecule has 2 aromatic rings. The molecule has 0 saturated heterocycles. The zero-order chi connectivity index (χ0) is 17.6. The molecule has 24 heavy (non-hydrogen) atoms. The monoisotopic (exact) mass is 330 g/mol. The van der Waals surface area contributed by atoms with E-state index in [0.717, 1.165) is 18.2 Å². The number of nitrogens with zero attached hydrogens (tertiary/aromatic N) is 2. The largest absolute Gasteiger partial charge is 0.461 e. The summed E-state index contributed by atoms with van der Waals surface area (Å²) in [6, 6.07) is 4.85. The van der Waals surface area contributed by atoms with Gasteiger partial charge in [-0.1, -0.05) is 0 Å². The zero-order valence-electron chi connectivity index (χ0n) is 12.6. The molecule has 0 saturated carbocycles. The van der Waals surface area contributed by atoms with Crippen molar-refractivity contribution in [1.29, 1.82) is 5.26 Å². The molecule has 1 aromatic heterocycles. The zero-order valence-corrected chi connectivity index (χ0v) is 12.6. The van der Waals surface area contributed by atoms with Gasteiger partial charge in [-0.15, -0.1) is 0 Å². The van der Waals surface area contributed by atoms with E-state index in [9.17, 15) is 18.8 Å². The van der Waals surface area contributed by atoms with Crippen molar-refractivity contribution in [3.05, 3.63) is 50.5 Å². The van der Waals surface area contributed by atoms with Crippen molar-refractivity contribution in [1.82, 2.24) is 9.55 Å². The molecule has 9 heteroatoms. The van der Waals surface area contributed by atoms with E-state index in [-0.39, 0.29) is 17.1 Å². The smallest absolute Gasteiger partial charge is 0.333 e. The van der Waals surface area contributed by atoms with E-state index < -0.39 is 28.6 Å². The Kier molecular flexibility index (Phi) is 3.26. The lowest BCUT2D eigenvalue weighted by atomic mass is 10.0. The fourth-order valence-electron chi connectivity index (χ4n) is 2.32. The van der Waals surface area contributed by atoms with Gasteiger partial charge in [0.25, 0.3) is 17.1 Å². The molecule has 1 aliphatic heterocycles. The number of aryl methyl sites for hydroxylation is 1. The van der Waals surface area contributed by atoms with E-state index >= 15 is 0 Å². The molecule has 8 nitrogen and oxygen atoms in total. The Morgan fingerprint density at radius 2 is 2.00 bits per heavy atom. The number of nitrogens with one attached hydrogen (secondary N) is 2. The summed E-state index contributed by atoms with van der Waals surface area (Å²) in [5.41, 5.74) is -3.29. The highest BCUT2D eigenvalue weighted by Gasteiger charge is 2.41. The van der Waals surface area contributed by atoms with E-state index in [1.54, 1.807) is 6.07 Å². The van der Waals surface area contributed by atoms with E-state index in [4.69, 9.17) is 10.00 Å². The number of carbonyl (C=O) groups excluding carboxylic acids is 1. The molecule has 1 aliphatic rings. The van der Waals surface area contributed by atoms with Crippen LogP contribution < -0.4 is 21.3 Å². The molecule has 0 aliphatic carbocycles. The molecule has 1 atom stereocenters. The standard InChI is InChI=1S/C15H11FN4O4/c1-7-3-12(21)20(14(23)18-7)10-5-9-11(4-8(10)16)24-15(2,6-17)13(22)19-9/h3-5H,1-2H3,(H,18,23)(H,19,22). The number of H-pyrrole nitrogens is 1. The molecular formula is C15H11FN4O4. The lowest BCUT2D eigenvalue weighted by Gasteiger charge is -2.29. The Morgan fingerprint density at radius 1 is 1.29 bits per heavy atom. The third-order valence-electron chi connectivity index (χ3n) is 3.57. The highest BCUT2D eigenvalue weighted by atomic mass is 19.1. The Bertz CT molecular complexity index is 1000. The first-order valence-corrected chi connectivity index (χ1v) is 6.84. The van der Waals surface area contributed by atoms with Gasteiger partial charge in [0.05, 0.1) is 11.4 Å². The molecule has 1 unspecified atom stereocenters. The maximum atomic E-state index is 14.4. The molecule has 0 fully saturated rings. The van der Waals surface area contributed by atoms with Crippen LogP contribution in [0.4, 0.5) is 10.1 Å². The number of benzene rings is 1. The van der Waals surface area contributed by atoms with Crippen LogP contribution in [0.3, 0.4) is 0 Å². The topological polar surface area (TPSA) is 117 Å². The Morgan fingerprint density at radius 3 is 2.62 bits per heavy atom. The summed E-state index contributed by atoms with van der Waals surface area (Å²) in [5.74, 6) is -1.72. The number of nitriles is 1. The first-order valence-electron chi connectivity index (χ1n) is 6.84. The lowest BCUT2D eigenvalue weighted by Crippen LogP contribution is -2.47. The minimum atomic E-state index is -1.79. The number of fused-ring (bicyclic) bond motifs is 1. The van der Waals surface area contributed by atoms with Crippen LogP contribution in [0.25, 0.3) is 5.69 Å². The van der Waals surface area contributed by atoms with Crippen LogP contribution in [-0.2, 0) is 4.79 Å². The van der Waals surface area contributed by atoms with Gasteiger partial charge in [-0.3, -0.25) is 9.59 Å². The number of aromatic amines is 1. The molecule has 1 amide bonds. The van der Waals surface area contributed by atoms with Crippen molar-refractivity contribution in [2.45, 2.75) is 19.4 Å². The van der Waals surface area contributed by atoms with Crippen LogP contribution in [0.15, 0.2) is 27.8 Å². The predicted molar refractivity (Wildman–Crippen MR) is 80.6 cm³/mol. The number of halogens is 1. The summed E-state index contributed by atoms with van der Waals surface area (Å²) in [6.45, 7) is 2.76. The highest BCUT2D eigenvalue weighted by Crippen LogP contribution is 2.36. The first-order chi connectivity index (χ1) is 11.2. The molecule has 0 radical (unpaired) electrons. The molecule has 2 heterocycles. The number of hydrogen-bond donors (Lipinski definition) is 2. The number of rotatable bonds is 1. The maximum absolute atomic E-state index is 14.4. The number of anilines is 1. The average molecular weight is 330 g/mol. The number of hydrogen-bond acceptors (Lipinski definition) is 5. The molecule has 0 bridgehead atoms. The fraction of sp³-hybridized carbons (Fsp3) is 0.200. The van der Waals surface area contributed by atoms with Crippen molar-refractivity contribution >= 4 is 11.6 Å². The van der Waals surface area contributed by atoms with Crippen molar-refractivity contribution in [3.63, 3.8) is 0 Å². The summed E-state index contributed by atoms with van der Waals surface area (Å²) in [5, 5.41) is 11.4. The van der Waals surface area contributed by atoms with Crippen LogP contribution in [0, 0.1) is 24.1 Å². The second-order valence-corrected chi connectivity index (χ2v) is 5.43. The molecule has 1 aromatic carbocycles. The number of ether oxygens (including phenoxy) is 1. The Balaban J connectivity index is 2.21. The van der Waals surface area contributed by atoms with Gasteiger partial charge in [0.15, 0.2) is 5.82 Å². The van der Waals surface area contributed by atoms with Gasteiger partial charge in [-0.05, 0) is 19.9 Å². The summed E-state index contributed by atoms with van der Waals surface area (Å²) >= 11 is 0. The van der Waals surface area contributed by atoms with Crippen molar-refractivity contribution in [2.24, 2.45) is 0 Å². The van der Waals surface area contributed by atoms with Crippen LogP contribution in [0.1, 0.15) is 12.6 Å². The van der Waals surface area contributed by atoms with Crippen LogP contribution in [0.5, 0.6) is 5.75 Å². The van der Waals surface area contributed by atoms with E-state index in [0.29, 0.717) is 10.3 Å². The third kappa shape index (κ3) is 2.25. The quantitative estimate of drug-likeness (QED) is 0.793. The fourth-order valence-corrected chi connectivity index (χ4v) is 2.32. The normalized spacial score (nSPS) is 19.0. The minimum absolute atomic E-state index is 0.0519. The van der Waals surface area contributed by atoms with Gasteiger partial charge < -0.3 is 15.0 Å². The molecule has 0 spiro atoms. The van der Waals surface area contributed by atoms with Gasteiger partial charge in [-0.2, -0.15) is 5.26 Å². The Hall–Kier alpha value is -3.41. The first kappa shape index (κ1) is 15.5. The van der Waals surface area contributed by atoms with Crippen molar-refractivity contribution in [3.8, 4) is 17.5 Å². The summed E-state index contributed by atoms with van der Waals surface area (Å²) in [4.78, 5) is 38.3. The second-order valence-electron chi connectivity index (χ2n) is 5.43. The molecule has 2 N–H and O–H groups in total. The number of aromatic nitrogens is 2. The number of carbonyl (C=O) groups is 1. The van der Waals surface area contributed by atoms with Crippen LogP contribution in [-0.4, -0.2) is 21.1 Å². The van der Waals surface area contributed by atoms with Crippen LogP contribution in [0.2, 0.25) is 0 Å². The van der Waals surface area contributed by atoms with Crippen molar-refractivity contribution < 1.29 is 13.9 Å². The summed E-state index contributed by atoms with van der Waals surface area (Å²) < 4.78 is 20.2. The van der Waals surface area contributed by atoms with E-state index in [1.165, 1.54) is 13.8 Å². The van der Waals surface area contributed by atoms with E-state index in [2.05, 4.69) is 10.3 Å². The van der Waals surface area contributed by atoms with Gasteiger partial charge >= 0.3 is 5.69 Å². The molecule has 3 rings (SSSR count). The van der Waals surface area contributed by atoms with Gasteiger partial charge in [0, 0.05) is 17.8 Å². The third-order valence-corrected chi connectivity index (χ3v) is 3.57. The maximum Gasteiger partial charge on any atom is 0.333 e. The number of amides is 1. The van der Waals surface area contributed by atoms with E-state index in [1.807, 2.05) is 0 Å². The van der Waals surface area contributed by atoms with Gasteiger partial charge in [0.2, 0.25) is 0 Å². The highest BCUT2D eigenvalue weighted by molar-refractivity contribution is 6.02. The molecular weight excluding hydrogens is 319 g/mol. The van der Waals surface area contributed by atoms with Gasteiger partial charge in [0.1, 0.15) is 11.8 Å². The summed E-state index contributed by atoms with van der Waals surface area (Å²) in [7, 11) is 0. The average Bonchev–Trinajstić information content (AvgIpc) is 2.49. The van der Waals surface area contributed by atoms with Gasteiger partial charge in [-0.25, -0.2) is 13.8 Å². The second kappa shape index (κ2) is 5.06. The SMILES string of the molecule is Cc1cc(=O)n(-c2cc3c(cc2F)OC(C)(C#N)C(=O)N3)c(=O)[nH]1. The predicted octanol–water partition coefficient (Wildman–Crippen LogP) is 0.586. The summed E-state index contributed by atoms with van der Waals surface area (Å²) in [6.07, 6.45) is 0. The lowest BCUT2D eigenvalue weighted by molar-refractivity contribution is -0.126. The Labute approximate surface area is 134 Å². The van der Waals surface area contributed by atoms with Crippen LogP contribution >= 0.6 is 0 Å². The molecule has 122 valence electrons.